The highest BCUT2D eigenvalue weighted by atomic mass is 16.4. The first-order valence-corrected chi connectivity index (χ1v) is 8.49. The molecule has 1 aliphatic carbocycles. The van der Waals surface area contributed by atoms with Crippen molar-refractivity contribution in [3.05, 3.63) is 48.2 Å². The second-order valence-corrected chi connectivity index (χ2v) is 6.63. The third-order valence-corrected chi connectivity index (χ3v) is 4.81. The minimum absolute atomic E-state index is 0.0452. The Balaban J connectivity index is 1.64. The van der Waals surface area contributed by atoms with Gasteiger partial charge in [-0.1, -0.05) is 30.3 Å². The van der Waals surface area contributed by atoms with Crippen molar-refractivity contribution in [3.63, 3.8) is 0 Å². The van der Waals surface area contributed by atoms with Gasteiger partial charge in [-0.15, -0.1) is 0 Å². The van der Waals surface area contributed by atoms with Crippen LogP contribution >= 0.6 is 0 Å². The summed E-state index contributed by atoms with van der Waals surface area (Å²) < 4.78 is 5.84. The molecule has 1 aliphatic rings. The van der Waals surface area contributed by atoms with Crippen LogP contribution in [0.15, 0.2) is 46.9 Å². The lowest BCUT2D eigenvalue weighted by Crippen LogP contribution is -2.45. The zero-order chi connectivity index (χ0) is 17.6. The molecule has 0 spiro atoms. The molecule has 25 heavy (non-hydrogen) atoms. The van der Waals surface area contributed by atoms with Gasteiger partial charge in [-0.05, 0) is 42.7 Å². The zero-order valence-corrected chi connectivity index (χ0v) is 13.9. The average molecular weight is 337 g/mol. The minimum atomic E-state index is -0.976. The van der Waals surface area contributed by atoms with Gasteiger partial charge in [-0.2, -0.15) is 0 Å². The molecule has 1 heterocycles. The molecule has 1 N–H and O–H groups in total. The van der Waals surface area contributed by atoms with Crippen LogP contribution < -0.4 is 0 Å². The Morgan fingerprint density at radius 3 is 2.68 bits per heavy atom. The fourth-order valence-corrected chi connectivity index (χ4v) is 3.38. The van der Waals surface area contributed by atoms with Crippen molar-refractivity contribution in [3.8, 4) is 0 Å². The van der Waals surface area contributed by atoms with Crippen molar-refractivity contribution in [1.29, 1.82) is 0 Å². The van der Waals surface area contributed by atoms with E-state index in [0.717, 1.165) is 34.6 Å². The van der Waals surface area contributed by atoms with Gasteiger partial charge in [0.05, 0.1) is 6.42 Å². The van der Waals surface area contributed by atoms with Crippen molar-refractivity contribution in [1.82, 2.24) is 4.90 Å². The maximum absolute atomic E-state index is 12.7. The fraction of sp³-hybridized carbons (Fsp3) is 0.300. The number of benzene rings is 2. The summed E-state index contributed by atoms with van der Waals surface area (Å²) >= 11 is 0. The van der Waals surface area contributed by atoms with E-state index in [4.69, 9.17) is 4.42 Å². The number of carboxylic acids is 1. The third-order valence-electron chi connectivity index (χ3n) is 4.81. The van der Waals surface area contributed by atoms with Crippen molar-refractivity contribution >= 4 is 33.6 Å². The first-order valence-electron chi connectivity index (χ1n) is 8.49. The summed E-state index contributed by atoms with van der Waals surface area (Å²) in [7, 11) is 0. The molecular formula is C20H19NO4. The number of aliphatic carboxylic acids is 1. The second kappa shape index (κ2) is 5.92. The normalized spacial score (nSPS) is 15.4. The summed E-state index contributed by atoms with van der Waals surface area (Å²) in [5, 5.41) is 12.4. The Morgan fingerprint density at radius 2 is 1.96 bits per heavy atom. The highest BCUT2D eigenvalue weighted by molar-refractivity contribution is 6.06. The number of nitrogens with zero attached hydrogens (tertiary/aromatic N) is 1. The van der Waals surface area contributed by atoms with Crippen molar-refractivity contribution in [2.24, 2.45) is 0 Å². The van der Waals surface area contributed by atoms with E-state index < -0.39 is 12.0 Å². The molecule has 1 saturated carbocycles. The molecule has 5 heteroatoms. The number of hydrogen-bond acceptors (Lipinski definition) is 3. The molecule has 5 nitrogen and oxygen atoms in total. The van der Waals surface area contributed by atoms with Gasteiger partial charge in [-0.3, -0.25) is 4.79 Å². The van der Waals surface area contributed by atoms with Crippen LogP contribution in [0.1, 0.15) is 25.5 Å². The van der Waals surface area contributed by atoms with E-state index in [0.29, 0.717) is 5.76 Å². The summed E-state index contributed by atoms with van der Waals surface area (Å²) in [6, 6.07) is 13.1. The lowest BCUT2D eigenvalue weighted by Gasteiger charge is -2.26. The first kappa shape index (κ1) is 15.7. The molecule has 0 radical (unpaired) electrons. The smallest absolute Gasteiger partial charge is 0.326 e. The molecule has 1 atom stereocenters. The summed E-state index contributed by atoms with van der Waals surface area (Å²) in [4.78, 5) is 25.5. The molecule has 1 fully saturated rings. The van der Waals surface area contributed by atoms with Crippen LogP contribution in [0.4, 0.5) is 0 Å². The predicted molar refractivity (Wildman–Crippen MR) is 94.4 cm³/mol. The van der Waals surface area contributed by atoms with Crippen LogP contribution in [-0.4, -0.2) is 34.0 Å². The van der Waals surface area contributed by atoms with Crippen LogP contribution in [0, 0.1) is 0 Å². The Morgan fingerprint density at radius 1 is 1.20 bits per heavy atom. The van der Waals surface area contributed by atoms with Gasteiger partial charge in [-0.25, -0.2) is 4.79 Å². The van der Waals surface area contributed by atoms with E-state index >= 15 is 0 Å². The lowest BCUT2D eigenvalue weighted by atomic mass is 10.1. The van der Waals surface area contributed by atoms with Gasteiger partial charge >= 0.3 is 5.97 Å². The van der Waals surface area contributed by atoms with Gasteiger partial charge in [0.2, 0.25) is 5.91 Å². The average Bonchev–Trinajstić information content (AvgIpc) is 3.33. The number of amides is 1. The number of hydrogen-bond donors (Lipinski definition) is 1. The molecule has 1 aromatic heterocycles. The number of carbonyl (C=O) groups excluding carboxylic acids is 1. The van der Waals surface area contributed by atoms with Crippen molar-refractivity contribution < 1.29 is 19.1 Å². The summed E-state index contributed by atoms with van der Waals surface area (Å²) in [6.45, 7) is 1.56. The largest absolute Gasteiger partial charge is 0.480 e. The van der Waals surface area contributed by atoms with Gasteiger partial charge in [0, 0.05) is 11.4 Å². The second-order valence-electron chi connectivity index (χ2n) is 6.63. The van der Waals surface area contributed by atoms with Crippen LogP contribution in [0.5, 0.6) is 0 Å². The molecule has 3 aromatic rings. The van der Waals surface area contributed by atoms with E-state index in [1.807, 2.05) is 42.5 Å². The van der Waals surface area contributed by atoms with E-state index in [-0.39, 0.29) is 18.4 Å². The van der Waals surface area contributed by atoms with E-state index in [2.05, 4.69) is 0 Å². The van der Waals surface area contributed by atoms with Crippen LogP contribution in [0.3, 0.4) is 0 Å². The molecular weight excluding hydrogens is 318 g/mol. The molecule has 2 aromatic carbocycles. The number of furan rings is 1. The highest BCUT2D eigenvalue weighted by Crippen LogP contribution is 2.31. The molecule has 128 valence electrons. The fourth-order valence-electron chi connectivity index (χ4n) is 3.38. The van der Waals surface area contributed by atoms with Gasteiger partial charge in [0.1, 0.15) is 17.4 Å². The lowest BCUT2D eigenvalue weighted by molar-refractivity contribution is -0.149. The molecule has 1 unspecified atom stereocenters. The summed E-state index contributed by atoms with van der Waals surface area (Å²) in [5.41, 5.74) is 0.741. The molecule has 0 bridgehead atoms. The number of carboxylic acid groups (broad SMARTS) is 1. The highest BCUT2D eigenvalue weighted by Gasteiger charge is 2.38. The molecule has 4 rings (SSSR count). The number of rotatable bonds is 5. The topological polar surface area (TPSA) is 70.8 Å². The Labute approximate surface area is 144 Å². The predicted octanol–water partition coefficient (Wildman–Crippen LogP) is 3.59. The first-order chi connectivity index (χ1) is 12.0. The van der Waals surface area contributed by atoms with Gasteiger partial charge < -0.3 is 14.4 Å². The van der Waals surface area contributed by atoms with E-state index in [1.54, 1.807) is 6.92 Å². The Bertz CT molecular complexity index is 970. The molecule has 0 saturated heterocycles. The minimum Gasteiger partial charge on any atom is -0.480 e. The van der Waals surface area contributed by atoms with E-state index in [9.17, 15) is 14.7 Å². The maximum Gasteiger partial charge on any atom is 0.326 e. The standard InChI is InChI=1S/C20H19NO4/c1-12(20(23)24)21(14-7-8-14)19(22)11-15-10-17-16-5-3-2-4-13(16)6-9-18(17)25-15/h2-6,9-10,12,14H,7-8,11H2,1H3,(H,23,24). The van der Waals surface area contributed by atoms with Gasteiger partial charge in [0.15, 0.2) is 0 Å². The molecule has 1 amide bonds. The Kier molecular flexibility index (Phi) is 3.71. The van der Waals surface area contributed by atoms with Crippen LogP contribution in [-0.2, 0) is 16.0 Å². The SMILES string of the molecule is CC(C(=O)O)N(C(=O)Cc1cc2c(ccc3ccccc32)o1)C1CC1. The van der Waals surface area contributed by atoms with Crippen molar-refractivity contribution in [2.75, 3.05) is 0 Å². The van der Waals surface area contributed by atoms with Gasteiger partial charge in [0.25, 0.3) is 0 Å². The molecule has 0 aliphatic heterocycles. The van der Waals surface area contributed by atoms with Crippen LogP contribution in [0.25, 0.3) is 21.7 Å². The number of fused-ring (bicyclic) bond motifs is 3. The van der Waals surface area contributed by atoms with Crippen LogP contribution in [0.2, 0.25) is 0 Å². The maximum atomic E-state index is 12.7. The summed E-state index contributed by atoms with van der Waals surface area (Å²) in [5.74, 6) is -0.601. The monoisotopic (exact) mass is 337 g/mol. The quantitative estimate of drug-likeness (QED) is 0.772. The number of carbonyl (C=O) groups is 2. The third kappa shape index (κ3) is 2.86. The Hall–Kier alpha value is -2.82. The zero-order valence-electron chi connectivity index (χ0n) is 13.9. The van der Waals surface area contributed by atoms with E-state index in [1.165, 1.54) is 4.90 Å². The van der Waals surface area contributed by atoms with Crippen molar-refractivity contribution in [2.45, 2.75) is 38.3 Å². The summed E-state index contributed by atoms with van der Waals surface area (Å²) in [6.07, 6.45) is 1.82.